The first-order valence-electron chi connectivity index (χ1n) is 17.2. The minimum atomic E-state index is -2.93. The molecule has 1 amide bonds. The van der Waals surface area contributed by atoms with Gasteiger partial charge in [0.25, 0.3) is 5.91 Å². The first-order chi connectivity index (χ1) is 21.9. The number of hydrogen-bond acceptors (Lipinski definition) is 6. The number of fused-ring (bicyclic) bond motifs is 4. The summed E-state index contributed by atoms with van der Waals surface area (Å²) in [6.45, 7) is 9.02. The van der Waals surface area contributed by atoms with E-state index < -0.39 is 15.3 Å². The van der Waals surface area contributed by atoms with Crippen LogP contribution >= 0.6 is 11.6 Å². The van der Waals surface area contributed by atoms with Gasteiger partial charge in [0.1, 0.15) is 5.75 Å². The maximum atomic E-state index is 13.8. The first kappa shape index (κ1) is 33.6. The summed E-state index contributed by atoms with van der Waals surface area (Å²) in [6.07, 6.45) is 8.12. The highest BCUT2D eigenvalue weighted by Crippen LogP contribution is 2.49. The van der Waals surface area contributed by atoms with Gasteiger partial charge in [-0.1, -0.05) is 37.9 Å². The molecular formula is C37H51ClN2O5S. The third-order valence-corrected chi connectivity index (χ3v) is 13.9. The molecule has 46 heavy (non-hydrogen) atoms. The highest BCUT2D eigenvalue weighted by Gasteiger charge is 2.49. The van der Waals surface area contributed by atoms with E-state index in [0.717, 1.165) is 80.9 Å². The number of rotatable bonds is 4. The molecule has 1 fully saturated rings. The molecule has 7 nitrogen and oxygen atoms in total. The van der Waals surface area contributed by atoms with Crippen LogP contribution in [0.25, 0.3) is 0 Å². The predicted octanol–water partition coefficient (Wildman–Crippen LogP) is 6.57. The largest absolute Gasteiger partial charge is 0.490 e. The third kappa shape index (κ3) is 6.56. The molecule has 2 aliphatic heterocycles. The summed E-state index contributed by atoms with van der Waals surface area (Å²) in [5.74, 6) is 4.80. The topological polar surface area (TPSA) is 88.1 Å². The van der Waals surface area contributed by atoms with Crippen LogP contribution in [0.15, 0.2) is 36.4 Å². The number of amides is 1. The van der Waals surface area contributed by atoms with Gasteiger partial charge >= 0.3 is 0 Å². The average Bonchev–Trinajstić information content (AvgIpc) is 3.15. The fourth-order valence-electron chi connectivity index (χ4n) is 8.44. The van der Waals surface area contributed by atoms with Gasteiger partial charge < -0.3 is 19.5 Å². The van der Waals surface area contributed by atoms with Gasteiger partial charge in [-0.3, -0.25) is 9.52 Å². The molecule has 2 heterocycles. The lowest BCUT2D eigenvalue weighted by atomic mass is 9.63. The molecule has 2 aliphatic carbocycles. The highest BCUT2D eigenvalue weighted by molar-refractivity contribution is 7.99. The molecule has 0 saturated heterocycles. The van der Waals surface area contributed by atoms with Crippen LogP contribution in [0.1, 0.15) is 93.6 Å². The number of nitrogens with zero attached hydrogens (tertiary/aromatic N) is 1. The van der Waals surface area contributed by atoms with Crippen molar-refractivity contribution < 1.29 is 23.6 Å². The normalized spacial score (nSPS) is 34.8. The summed E-state index contributed by atoms with van der Waals surface area (Å²) in [4.78, 5) is 16.0. The van der Waals surface area contributed by atoms with Crippen molar-refractivity contribution >= 4 is 38.8 Å². The van der Waals surface area contributed by atoms with Crippen LogP contribution in [0.4, 0.5) is 5.69 Å². The second kappa shape index (κ2) is 13.3. The SMILES string of the molecule is C=S1(=O)NC(=O)c2ccc3c(c2)N(C[C@@H]2CC[C@H]2[C@@](O)(COCCC)CCC[C@H](C)[C@H]1C)C[C@@]1(CCCc2cc(Cl)ccc21)CO3. The molecule has 1 saturated carbocycles. The van der Waals surface area contributed by atoms with E-state index >= 15 is 0 Å². The van der Waals surface area contributed by atoms with E-state index in [2.05, 4.69) is 41.5 Å². The van der Waals surface area contributed by atoms with Gasteiger partial charge in [-0.25, -0.2) is 4.21 Å². The van der Waals surface area contributed by atoms with Crippen molar-refractivity contribution in [3.63, 3.8) is 0 Å². The summed E-state index contributed by atoms with van der Waals surface area (Å²) in [5, 5.41) is 12.7. The number of aryl methyl sites for hydroxylation is 1. The second-order valence-corrected chi connectivity index (χ2v) is 17.5. The fourth-order valence-corrected chi connectivity index (χ4v) is 10.1. The standard InChI is InChI=1S/C37H51ClN2O5S/c1-5-18-44-24-37(42)17-6-8-25(2)26(3)46(4,43)39-35(41)28-11-15-34-33(20-28)40(21-29-10-13-32(29)37)22-36(23-45-34)16-7-9-27-19-30(38)12-14-31(27)36/h11-12,14-15,19-20,25-26,29,32,42H,4-10,13,16-18,21-24H2,1-3H3,(H,39,41,43)/t25-,26+,29-,32+,36-,37-,46?/m0/s1. The highest BCUT2D eigenvalue weighted by atomic mass is 35.5. The Labute approximate surface area is 280 Å². The molecule has 2 bridgehead atoms. The van der Waals surface area contributed by atoms with Crippen molar-refractivity contribution in [3.05, 3.63) is 58.1 Å². The summed E-state index contributed by atoms with van der Waals surface area (Å²) < 4.78 is 29.3. The zero-order valence-corrected chi connectivity index (χ0v) is 29.3. The quantitative estimate of drug-likeness (QED) is 0.283. The van der Waals surface area contributed by atoms with Gasteiger partial charge in [0.15, 0.2) is 0 Å². The number of ether oxygens (including phenoxy) is 2. The Balaban J connectivity index is 1.42. The molecule has 2 N–H and O–H groups in total. The second-order valence-electron chi connectivity index (χ2n) is 14.6. The predicted molar refractivity (Wildman–Crippen MR) is 188 cm³/mol. The molecule has 7 atom stereocenters. The molecule has 2 aromatic rings. The number of carbonyl (C=O) groups is 1. The van der Waals surface area contributed by atoms with Crippen LogP contribution in [-0.4, -0.2) is 64.9 Å². The number of anilines is 1. The lowest BCUT2D eigenvalue weighted by molar-refractivity contribution is -0.132. The van der Waals surface area contributed by atoms with E-state index in [1.165, 1.54) is 11.1 Å². The van der Waals surface area contributed by atoms with Crippen LogP contribution in [0.5, 0.6) is 5.75 Å². The van der Waals surface area contributed by atoms with E-state index in [1.807, 2.05) is 25.1 Å². The molecule has 1 spiro atoms. The first-order valence-corrected chi connectivity index (χ1v) is 19.4. The van der Waals surface area contributed by atoms with Crippen molar-refractivity contribution in [1.82, 2.24) is 4.72 Å². The Morgan fingerprint density at radius 1 is 1.15 bits per heavy atom. The Hall–Kier alpha value is -2.26. The monoisotopic (exact) mass is 670 g/mol. The average molecular weight is 671 g/mol. The number of benzene rings is 2. The van der Waals surface area contributed by atoms with Gasteiger partial charge in [-0.15, -0.1) is 0 Å². The lowest BCUT2D eigenvalue weighted by Gasteiger charge is -2.50. The van der Waals surface area contributed by atoms with Gasteiger partial charge in [0.05, 0.1) is 34.2 Å². The van der Waals surface area contributed by atoms with Gasteiger partial charge in [0, 0.05) is 40.9 Å². The van der Waals surface area contributed by atoms with Gasteiger partial charge in [0.2, 0.25) is 0 Å². The van der Waals surface area contributed by atoms with Crippen molar-refractivity contribution in [2.24, 2.45) is 17.8 Å². The third-order valence-electron chi connectivity index (χ3n) is 11.5. The van der Waals surface area contributed by atoms with Crippen LogP contribution in [-0.2, 0) is 26.3 Å². The molecule has 9 heteroatoms. The minimum Gasteiger partial charge on any atom is -0.490 e. The van der Waals surface area contributed by atoms with E-state index in [-0.39, 0.29) is 34.3 Å². The molecule has 252 valence electrons. The molecule has 1 unspecified atom stereocenters. The Bertz CT molecular complexity index is 1550. The number of aliphatic hydroxyl groups is 1. The van der Waals surface area contributed by atoms with Crippen molar-refractivity contribution in [3.8, 4) is 5.75 Å². The van der Waals surface area contributed by atoms with Gasteiger partial charge in [-0.05, 0) is 123 Å². The Kier molecular flexibility index (Phi) is 9.75. The number of nitrogens with one attached hydrogen (secondary N) is 1. The summed E-state index contributed by atoms with van der Waals surface area (Å²) in [6, 6.07) is 11.8. The maximum absolute atomic E-state index is 13.8. The van der Waals surface area contributed by atoms with Crippen molar-refractivity contribution in [2.75, 3.05) is 37.8 Å². The zero-order chi connectivity index (χ0) is 32.7. The number of halogens is 1. The lowest BCUT2D eigenvalue weighted by Crippen LogP contribution is -2.54. The van der Waals surface area contributed by atoms with Crippen LogP contribution in [0.2, 0.25) is 5.02 Å². The molecule has 0 aromatic heterocycles. The van der Waals surface area contributed by atoms with Crippen molar-refractivity contribution in [1.29, 1.82) is 0 Å². The molecular weight excluding hydrogens is 620 g/mol. The number of hydrogen-bond donors (Lipinski definition) is 2. The maximum Gasteiger partial charge on any atom is 0.262 e. The van der Waals surface area contributed by atoms with E-state index in [1.54, 1.807) is 6.07 Å². The summed E-state index contributed by atoms with van der Waals surface area (Å²) >= 11 is 6.45. The summed E-state index contributed by atoms with van der Waals surface area (Å²) in [7, 11) is -2.93. The van der Waals surface area contributed by atoms with Crippen LogP contribution in [0, 0.1) is 17.8 Å². The van der Waals surface area contributed by atoms with E-state index in [4.69, 9.17) is 21.1 Å². The van der Waals surface area contributed by atoms with Crippen LogP contribution in [0.3, 0.4) is 0 Å². The minimum absolute atomic E-state index is 0.0524. The molecule has 2 aromatic carbocycles. The number of carbonyl (C=O) groups excluding carboxylic acids is 1. The molecule has 6 rings (SSSR count). The molecule has 4 aliphatic rings. The van der Waals surface area contributed by atoms with Crippen molar-refractivity contribution in [2.45, 2.75) is 94.8 Å². The Morgan fingerprint density at radius 2 is 1.98 bits per heavy atom. The Morgan fingerprint density at radius 3 is 2.74 bits per heavy atom. The van der Waals surface area contributed by atoms with Crippen LogP contribution < -0.4 is 14.4 Å². The van der Waals surface area contributed by atoms with Gasteiger partial charge in [-0.2, -0.15) is 0 Å². The van der Waals surface area contributed by atoms with E-state index in [9.17, 15) is 14.1 Å². The smallest absolute Gasteiger partial charge is 0.262 e. The summed E-state index contributed by atoms with van der Waals surface area (Å²) in [5.41, 5.74) is 2.70. The zero-order valence-electron chi connectivity index (χ0n) is 27.7. The van der Waals surface area contributed by atoms with E-state index in [0.29, 0.717) is 31.8 Å². The fraction of sp³-hybridized carbons (Fsp3) is 0.622. The molecule has 0 radical (unpaired) electrons.